The lowest BCUT2D eigenvalue weighted by atomic mass is 10.2. The molecule has 0 saturated heterocycles. The minimum absolute atomic E-state index is 0.0689. The topological polar surface area (TPSA) is 121 Å². The lowest BCUT2D eigenvalue weighted by Crippen LogP contribution is -2.14. The molecule has 1 aromatic carbocycles. The van der Waals surface area contributed by atoms with E-state index in [0.29, 0.717) is 28.7 Å². The number of aromatic nitrogens is 2. The van der Waals surface area contributed by atoms with Crippen molar-refractivity contribution in [1.29, 1.82) is 0 Å². The van der Waals surface area contributed by atoms with Crippen LogP contribution < -0.4 is 15.6 Å². The van der Waals surface area contributed by atoms with Crippen molar-refractivity contribution in [1.82, 2.24) is 9.97 Å². The van der Waals surface area contributed by atoms with E-state index in [-0.39, 0.29) is 17.9 Å². The number of sulfonamides is 1. The molecule has 0 atom stereocenters. The zero-order valence-electron chi connectivity index (χ0n) is 17.8. The fourth-order valence-corrected chi connectivity index (χ4v) is 6.39. The van der Waals surface area contributed by atoms with Crippen molar-refractivity contribution in [3.8, 4) is 0 Å². The number of thioether (sulfide) groups is 1. The maximum absolute atomic E-state index is 12.5. The van der Waals surface area contributed by atoms with Crippen LogP contribution in [0.15, 0.2) is 23.0 Å². The Morgan fingerprint density at radius 2 is 2.12 bits per heavy atom. The van der Waals surface area contributed by atoms with Crippen molar-refractivity contribution >= 4 is 60.6 Å². The summed E-state index contributed by atoms with van der Waals surface area (Å²) < 4.78 is 25.4. The van der Waals surface area contributed by atoms with E-state index in [2.05, 4.69) is 20.0 Å². The van der Waals surface area contributed by atoms with Gasteiger partial charge in [-0.25, -0.2) is 13.4 Å². The first-order valence-corrected chi connectivity index (χ1v) is 14.1. The summed E-state index contributed by atoms with van der Waals surface area (Å²) in [5.41, 5.74) is 2.82. The predicted molar refractivity (Wildman–Crippen MR) is 131 cm³/mol. The molecule has 0 saturated carbocycles. The minimum Gasteiger partial charge on any atom is -0.326 e. The normalized spacial score (nSPS) is 13.3. The Bertz CT molecular complexity index is 1350. The third kappa shape index (κ3) is 5.33. The fourth-order valence-electron chi connectivity index (χ4n) is 3.68. The standard InChI is InChI=1S/C21H24N4O4S3/c1-12-6-7-13(10-15(12)25-32(2,28)29)22-18(26)8-9-30-11-17-23-20(27)19-14-4-3-5-16(14)31-21(19)24-17/h6-7,10,25H,3-5,8-9,11H2,1-2H3,(H,22,26)(H,23,24,27). The molecule has 0 bridgehead atoms. The van der Waals surface area contributed by atoms with Gasteiger partial charge in [0.25, 0.3) is 5.56 Å². The van der Waals surface area contributed by atoms with E-state index in [1.54, 1.807) is 36.5 Å². The lowest BCUT2D eigenvalue weighted by Gasteiger charge is -2.11. The Hall–Kier alpha value is -2.37. The van der Waals surface area contributed by atoms with E-state index >= 15 is 0 Å². The van der Waals surface area contributed by atoms with Crippen molar-refractivity contribution in [3.63, 3.8) is 0 Å². The van der Waals surface area contributed by atoms with Crippen LogP contribution in [0.4, 0.5) is 11.4 Å². The second-order valence-electron chi connectivity index (χ2n) is 7.80. The van der Waals surface area contributed by atoms with Gasteiger partial charge in [0.1, 0.15) is 10.7 Å². The van der Waals surface area contributed by atoms with Crippen molar-refractivity contribution in [2.24, 2.45) is 0 Å². The number of hydrogen-bond acceptors (Lipinski definition) is 7. The van der Waals surface area contributed by atoms with Gasteiger partial charge in [0.05, 0.1) is 23.1 Å². The molecule has 0 radical (unpaired) electrons. The van der Waals surface area contributed by atoms with Gasteiger partial charge in [-0.3, -0.25) is 14.3 Å². The van der Waals surface area contributed by atoms with Gasteiger partial charge in [-0.1, -0.05) is 6.07 Å². The Morgan fingerprint density at radius 1 is 1.31 bits per heavy atom. The van der Waals surface area contributed by atoms with Crippen molar-refractivity contribution in [2.75, 3.05) is 22.0 Å². The number of amides is 1. The number of anilines is 2. The Balaban J connectivity index is 1.30. The van der Waals surface area contributed by atoms with Crippen molar-refractivity contribution < 1.29 is 13.2 Å². The summed E-state index contributed by atoms with van der Waals surface area (Å²) in [7, 11) is -3.40. The summed E-state index contributed by atoms with van der Waals surface area (Å²) in [4.78, 5) is 34.4. The molecule has 1 aliphatic carbocycles. The number of rotatable bonds is 8. The first-order chi connectivity index (χ1) is 15.2. The number of H-pyrrole nitrogens is 1. The number of carbonyl (C=O) groups excluding carboxylic acids is 1. The van der Waals surface area contributed by atoms with E-state index in [9.17, 15) is 18.0 Å². The maximum Gasteiger partial charge on any atom is 0.259 e. The fraction of sp³-hybridized carbons (Fsp3) is 0.381. The van der Waals surface area contributed by atoms with Crippen LogP contribution in [0.1, 0.15) is 34.7 Å². The van der Waals surface area contributed by atoms with Crippen LogP contribution >= 0.6 is 23.1 Å². The summed E-state index contributed by atoms with van der Waals surface area (Å²) in [5, 5.41) is 3.54. The molecule has 0 unspecified atom stereocenters. The zero-order chi connectivity index (χ0) is 22.9. The monoisotopic (exact) mass is 492 g/mol. The first kappa shape index (κ1) is 22.8. The van der Waals surface area contributed by atoms with Crippen molar-refractivity contribution in [3.05, 3.63) is 50.4 Å². The quantitative estimate of drug-likeness (QED) is 0.414. The van der Waals surface area contributed by atoms with Gasteiger partial charge in [0.2, 0.25) is 15.9 Å². The van der Waals surface area contributed by atoms with Crippen LogP contribution in [-0.4, -0.2) is 36.3 Å². The Morgan fingerprint density at radius 3 is 2.91 bits per heavy atom. The average molecular weight is 493 g/mol. The molecule has 2 aromatic heterocycles. The van der Waals surface area contributed by atoms with Gasteiger partial charge < -0.3 is 10.3 Å². The predicted octanol–water partition coefficient (Wildman–Crippen LogP) is 3.42. The molecule has 0 spiro atoms. The molecule has 11 heteroatoms. The highest BCUT2D eigenvalue weighted by molar-refractivity contribution is 7.98. The number of hydrogen-bond donors (Lipinski definition) is 3. The molecule has 1 amide bonds. The number of aromatic amines is 1. The van der Waals surface area contributed by atoms with E-state index < -0.39 is 10.0 Å². The highest BCUT2D eigenvalue weighted by Gasteiger charge is 2.21. The summed E-state index contributed by atoms with van der Waals surface area (Å²) in [6.45, 7) is 1.79. The Kier molecular flexibility index (Phi) is 6.59. The molecule has 8 nitrogen and oxygen atoms in total. The second kappa shape index (κ2) is 9.24. The van der Waals surface area contributed by atoms with E-state index in [4.69, 9.17) is 0 Å². The number of benzene rings is 1. The largest absolute Gasteiger partial charge is 0.326 e. The molecule has 170 valence electrons. The molecule has 1 aliphatic rings. The van der Waals surface area contributed by atoms with Gasteiger partial charge in [-0.2, -0.15) is 11.8 Å². The van der Waals surface area contributed by atoms with Gasteiger partial charge >= 0.3 is 0 Å². The molecule has 0 aliphatic heterocycles. The highest BCUT2D eigenvalue weighted by atomic mass is 32.2. The lowest BCUT2D eigenvalue weighted by molar-refractivity contribution is -0.115. The van der Waals surface area contributed by atoms with Crippen molar-refractivity contribution in [2.45, 2.75) is 38.4 Å². The molecular formula is C21H24N4O4S3. The second-order valence-corrected chi connectivity index (χ2v) is 11.7. The van der Waals surface area contributed by atoms with Gasteiger partial charge in [0.15, 0.2) is 0 Å². The first-order valence-electron chi connectivity index (χ1n) is 10.2. The molecule has 4 rings (SSSR count). The summed E-state index contributed by atoms with van der Waals surface area (Å²) >= 11 is 3.14. The molecular weight excluding hydrogens is 468 g/mol. The van der Waals surface area contributed by atoms with E-state index in [1.165, 1.54) is 22.2 Å². The molecule has 32 heavy (non-hydrogen) atoms. The molecule has 0 fully saturated rings. The average Bonchev–Trinajstić information content (AvgIpc) is 3.27. The van der Waals surface area contributed by atoms with E-state index in [1.807, 2.05) is 0 Å². The number of carbonyl (C=O) groups is 1. The minimum atomic E-state index is -3.40. The summed E-state index contributed by atoms with van der Waals surface area (Å²) in [5.74, 6) is 1.55. The molecule has 3 aromatic rings. The third-order valence-electron chi connectivity index (χ3n) is 5.15. The summed E-state index contributed by atoms with van der Waals surface area (Å²) in [6, 6.07) is 5.08. The van der Waals surface area contributed by atoms with Crippen LogP contribution in [0.2, 0.25) is 0 Å². The van der Waals surface area contributed by atoms with E-state index in [0.717, 1.165) is 41.3 Å². The van der Waals surface area contributed by atoms with Gasteiger partial charge in [0, 0.05) is 22.7 Å². The van der Waals surface area contributed by atoms with Gasteiger partial charge in [-0.05, 0) is 49.4 Å². The third-order valence-corrected chi connectivity index (χ3v) is 7.90. The number of thiophene rings is 1. The van der Waals surface area contributed by atoms with Crippen LogP contribution in [0, 0.1) is 6.92 Å². The SMILES string of the molecule is Cc1ccc(NC(=O)CCSCc2nc3sc4c(c3c(=O)[nH]2)CCC4)cc1NS(C)(=O)=O. The number of nitrogens with one attached hydrogen (secondary N) is 3. The van der Waals surface area contributed by atoms with Crippen LogP contribution in [0.25, 0.3) is 10.2 Å². The molecule has 3 N–H and O–H groups in total. The van der Waals surface area contributed by atoms with Crippen LogP contribution in [0.5, 0.6) is 0 Å². The Labute approximate surface area is 194 Å². The molecule has 2 heterocycles. The maximum atomic E-state index is 12.5. The van der Waals surface area contributed by atoms with Crippen LogP contribution in [-0.2, 0) is 33.4 Å². The number of fused-ring (bicyclic) bond motifs is 3. The highest BCUT2D eigenvalue weighted by Crippen LogP contribution is 2.34. The van der Waals surface area contributed by atoms with Crippen LogP contribution in [0.3, 0.4) is 0 Å². The summed E-state index contributed by atoms with van der Waals surface area (Å²) in [6.07, 6.45) is 4.46. The number of nitrogens with zero attached hydrogens (tertiary/aromatic N) is 1. The smallest absolute Gasteiger partial charge is 0.259 e. The zero-order valence-corrected chi connectivity index (χ0v) is 20.2. The van der Waals surface area contributed by atoms with Gasteiger partial charge in [-0.15, -0.1) is 11.3 Å². The number of aryl methyl sites for hydroxylation is 3.